The van der Waals surface area contributed by atoms with Gasteiger partial charge in [0.25, 0.3) is 0 Å². The zero-order chi connectivity index (χ0) is 14.8. The summed E-state index contributed by atoms with van der Waals surface area (Å²) in [4.78, 5) is 2.26. The fourth-order valence-electron chi connectivity index (χ4n) is 3.15. The lowest BCUT2D eigenvalue weighted by Gasteiger charge is -2.21. The smallest absolute Gasteiger partial charge is 0.101 e. The van der Waals surface area contributed by atoms with Crippen LogP contribution in [0.15, 0.2) is 42.5 Å². The molecule has 3 rings (SSSR count). The SMILES string of the molecule is Cc1ccc(N2CC(CCN)c3ccccc32)c(C#N)c1. The molecule has 0 amide bonds. The van der Waals surface area contributed by atoms with Crippen LogP contribution in [-0.2, 0) is 0 Å². The highest BCUT2D eigenvalue weighted by atomic mass is 15.2. The second-order valence-corrected chi connectivity index (χ2v) is 5.58. The predicted octanol–water partition coefficient (Wildman–Crippen LogP) is 3.45. The second kappa shape index (κ2) is 5.59. The van der Waals surface area contributed by atoms with Gasteiger partial charge in [0, 0.05) is 18.2 Å². The van der Waals surface area contributed by atoms with Crippen molar-refractivity contribution in [2.75, 3.05) is 18.0 Å². The van der Waals surface area contributed by atoms with Gasteiger partial charge < -0.3 is 10.6 Å². The molecular formula is C18H19N3. The summed E-state index contributed by atoms with van der Waals surface area (Å²) < 4.78 is 0. The number of para-hydroxylation sites is 1. The van der Waals surface area contributed by atoms with Crippen LogP contribution in [0.5, 0.6) is 0 Å². The Morgan fingerprint density at radius 1 is 1.24 bits per heavy atom. The Labute approximate surface area is 125 Å². The van der Waals surface area contributed by atoms with Crippen molar-refractivity contribution in [3.05, 3.63) is 59.2 Å². The molecule has 1 aliphatic heterocycles. The molecule has 0 bridgehead atoms. The van der Waals surface area contributed by atoms with Gasteiger partial charge >= 0.3 is 0 Å². The van der Waals surface area contributed by atoms with E-state index < -0.39 is 0 Å². The number of benzene rings is 2. The molecule has 21 heavy (non-hydrogen) atoms. The summed E-state index contributed by atoms with van der Waals surface area (Å²) in [6.07, 6.45) is 0.973. The molecule has 0 radical (unpaired) electrons. The summed E-state index contributed by atoms with van der Waals surface area (Å²) >= 11 is 0. The van der Waals surface area contributed by atoms with Crippen molar-refractivity contribution in [3.63, 3.8) is 0 Å². The first-order valence-corrected chi connectivity index (χ1v) is 7.32. The molecule has 2 N–H and O–H groups in total. The molecule has 1 unspecified atom stereocenters. The third-order valence-corrected chi connectivity index (χ3v) is 4.15. The van der Waals surface area contributed by atoms with Crippen molar-refractivity contribution in [3.8, 4) is 6.07 Å². The molecule has 0 saturated heterocycles. The van der Waals surface area contributed by atoms with Gasteiger partial charge in [-0.1, -0.05) is 24.3 Å². The Morgan fingerprint density at radius 3 is 2.81 bits per heavy atom. The van der Waals surface area contributed by atoms with Crippen molar-refractivity contribution in [2.45, 2.75) is 19.3 Å². The highest BCUT2D eigenvalue weighted by Gasteiger charge is 2.29. The maximum Gasteiger partial charge on any atom is 0.101 e. The molecule has 2 aromatic carbocycles. The summed E-state index contributed by atoms with van der Waals surface area (Å²) in [5.41, 5.74) is 11.1. The van der Waals surface area contributed by atoms with Gasteiger partial charge in [-0.25, -0.2) is 0 Å². The van der Waals surface area contributed by atoms with Gasteiger partial charge in [0.05, 0.1) is 11.3 Å². The average Bonchev–Trinajstić information content (AvgIpc) is 2.86. The van der Waals surface area contributed by atoms with E-state index in [-0.39, 0.29) is 0 Å². The van der Waals surface area contributed by atoms with Crippen LogP contribution in [0.1, 0.15) is 29.0 Å². The Balaban J connectivity index is 2.07. The summed E-state index contributed by atoms with van der Waals surface area (Å²) in [5.74, 6) is 0.444. The first-order chi connectivity index (χ1) is 10.2. The molecule has 3 heteroatoms. The van der Waals surface area contributed by atoms with Crippen LogP contribution < -0.4 is 10.6 Å². The lowest BCUT2D eigenvalue weighted by Crippen LogP contribution is -2.18. The summed E-state index contributed by atoms with van der Waals surface area (Å²) in [6, 6.07) is 16.8. The minimum Gasteiger partial charge on any atom is -0.340 e. The lowest BCUT2D eigenvalue weighted by atomic mass is 9.98. The van der Waals surface area contributed by atoms with Crippen molar-refractivity contribution in [1.82, 2.24) is 0 Å². The van der Waals surface area contributed by atoms with Gasteiger partial charge in [-0.15, -0.1) is 0 Å². The zero-order valence-electron chi connectivity index (χ0n) is 12.2. The van der Waals surface area contributed by atoms with Crippen LogP contribution in [0.3, 0.4) is 0 Å². The number of nitrogens with zero attached hydrogens (tertiary/aromatic N) is 2. The van der Waals surface area contributed by atoms with Crippen LogP contribution in [0.4, 0.5) is 11.4 Å². The highest BCUT2D eigenvalue weighted by Crippen LogP contribution is 2.42. The first-order valence-electron chi connectivity index (χ1n) is 7.32. The molecule has 0 saturated carbocycles. The van der Waals surface area contributed by atoms with Crippen molar-refractivity contribution in [1.29, 1.82) is 5.26 Å². The van der Waals surface area contributed by atoms with Crippen molar-refractivity contribution >= 4 is 11.4 Å². The monoisotopic (exact) mass is 277 g/mol. The minimum atomic E-state index is 0.444. The number of nitriles is 1. The predicted molar refractivity (Wildman–Crippen MR) is 85.8 cm³/mol. The van der Waals surface area contributed by atoms with Crippen molar-refractivity contribution < 1.29 is 0 Å². The standard InChI is InChI=1S/C18H19N3/c1-13-6-7-17(15(10-13)11-20)21-12-14(8-9-19)16-4-2-3-5-18(16)21/h2-7,10,14H,8-9,12,19H2,1H3. The molecule has 1 atom stereocenters. The molecule has 2 aromatic rings. The Kier molecular flexibility index (Phi) is 3.64. The topological polar surface area (TPSA) is 53.0 Å². The third kappa shape index (κ3) is 2.39. The number of nitrogens with two attached hydrogens (primary N) is 1. The van der Waals surface area contributed by atoms with Gasteiger partial charge in [-0.05, 0) is 49.2 Å². The molecular weight excluding hydrogens is 258 g/mol. The number of hydrogen-bond acceptors (Lipinski definition) is 3. The molecule has 0 spiro atoms. The largest absolute Gasteiger partial charge is 0.340 e. The van der Waals surface area contributed by atoms with Crippen LogP contribution in [0, 0.1) is 18.3 Å². The third-order valence-electron chi connectivity index (χ3n) is 4.15. The zero-order valence-corrected chi connectivity index (χ0v) is 12.2. The number of aryl methyl sites for hydroxylation is 1. The Bertz CT molecular complexity index is 700. The summed E-state index contributed by atoms with van der Waals surface area (Å²) in [7, 11) is 0. The molecule has 1 heterocycles. The summed E-state index contributed by atoms with van der Waals surface area (Å²) in [5, 5.41) is 9.42. The van der Waals surface area contributed by atoms with E-state index in [0.29, 0.717) is 12.5 Å². The minimum absolute atomic E-state index is 0.444. The molecule has 106 valence electrons. The van der Waals surface area contributed by atoms with E-state index in [1.807, 2.05) is 13.0 Å². The Morgan fingerprint density at radius 2 is 2.05 bits per heavy atom. The van der Waals surface area contributed by atoms with Crippen LogP contribution >= 0.6 is 0 Å². The second-order valence-electron chi connectivity index (χ2n) is 5.58. The maximum atomic E-state index is 9.42. The lowest BCUT2D eigenvalue weighted by molar-refractivity contribution is 0.668. The normalized spacial score (nSPS) is 16.6. The van der Waals surface area contributed by atoms with E-state index in [2.05, 4.69) is 47.4 Å². The molecule has 0 aromatic heterocycles. The van der Waals surface area contributed by atoms with E-state index in [0.717, 1.165) is 29.8 Å². The first kappa shape index (κ1) is 13.7. The fourth-order valence-corrected chi connectivity index (χ4v) is 3.15. The van der Waals surface area contributed by atoms with Gasteiger partial charge in [0.2, 0.25) is 0 Å². The molecule has 1 aliphatic rings. The fraction of sp³-hybridized carbons (Fsp3) is 0.278. The number of rotatable bonds is 3. The van der Waals surface area contributed by atoms with Crippen LogP contribution in [-0.4, -0.2) is 13.1 Å². The highest BCUT2D eigenvalue weighted by molar-refractivity contribution is 5.75. The van der Waals surface area contributed by atoms with E-state index in [1.54, 1.807) is 0 Å². The van der Waals surface area contributed by atoms with Gasteiger partial charge in [0.1, 0.15) is 6.07 Å². The van der Waals surface area contributed by atoms with Gasteiger partial charge in [-0.2, -0.15) is 5.26 Å². The number of hydrogen-bond donors (Lipinski definition) is 1. The molecule has 0 aliphatic carbocycles. The van der Waals surface area contributed by atoms with E-state index in [9.17, 15) is 5.26 Å². The number of fused-ring (bicyclic) bond motifs is 1. The van der Waals surface area contributed by atoms with Gasteiger partial charge in [0.15, 0.2) is 0 Å². The number of anilines is 2. The van der Waals surface area contributed by atoms with E-state index >= 15 is 0 Å². The molecule has 3 nitrogen and oxygen atoms in total. The van der Waals surface area contributed by atoms with Crippen LogP contribution in [0.2, 0.25) is 0 Å². The van der Waals surface area contributed by atoms with Gasteiger partial charge in [-0.3, -0.25) is 0 Å². The van der Waals surface area contributed by atoms with E-state index in [1.165, 1.54) is 11.3 Å². The molecule has 0 fully saturated rings. The van der Waals surface area contributed by atoms with Crippen molar-refractivity contribution in [2.24, 2.45) is 5.73 Å². The summed E-state index contributed by atoms with van der Waals surface area (Å²) in [6.45, 7) is 3.60. The van der Waals surface area contributed by atoms with E-state index in [4.69, 9.17) is 5.73 Å². The maximum absolute atomic E-state index is 9.42. The Hall–Kier alpha value is -2.31. The van der Waals surface area contributed by atoms with Crippen LogP contribution in [0.25, 0.3) is 0 Å². The average molecular weight is 277 g/mol. The quantitative estimate of drug-likeness (QED) is 0.935.